The van der Waals surface area contributed by atoms with Crippen LogP contribution in [0.4, 0.5) is 15.0 Å². The van der Waals surface area contributed by atoms with E-state index in [1.54, 1.807) is 12.3 Å². The number of hydrogen-bond donors (Lipinski definition) is 1. The topological polar surface area (TPSA) is 132 Å². The molecule has 2 saturated heterocycles. The number of primary amides is 1. The SMILES string of the molecule is CC(C)C(CCC(C)(C)OC(N)=O)N1CC2(CCN(c3ncnnc3Oc3ccc(F)cc3-c3cncnc3C3CC3)C2)C1. The number of rotatable bonds is 11. The minimum absolute atomic E-state index is 0.149. The number of carbonyl (C=O) groups excluding carboxylic acids is 1. The van der Waals surface area contributed by atoms with Crippen LogP contribution in [0.5, 0.6) is 11.6 Å². The summed E-state index contributed by atoms with van der Waals surface area (Å²) in [4.78, 5) is 29.4. The van der Waals surface area contributed by atoms with Crippen LogP contribution in [0.25, 0.3) is 11.1 Å². The first-order valence-corrected chi connectivity index (χ1v) is 15.5. The summed E-state index contributed by atoms with van der Waals surface area (Å²) in [7, 11) is 0. The fourth-order valence-corrected chi connectivity index (χ4v) is 6.86. The molecule has 11 nitrogen and oxygen atoms in total. The van der Waals surface area contributed by atoms with E-state index in [0.717, 1.165) is 69.5 Å². The number of halogens is 1. The van der Waals surface area contributed by atoms with Gasteiger partial charge in [0.2, 0.25) is 0 Å². The van der Waals surface area contributed by atoms with Crippen molar-refractivity contribution < 1.29 is 18.7 Å². The van der Waals surface area contributed by atoms with E-state index in [2.05, 4.69) is 48.8 Å². The van der Waals surface area contributed by atoms with Gasteiger partial charge in [0.25, 0.3) is 5.88 Å². The first-order valence-electron chi connectivity index (χ1n) is 15.5. The first-order chi connectivity index (χ1) is 21.0. The first kappa shape index (κ1) is 30.1. The third kappa shape index (κ3) is 6.45. The number of aromatic nitrogens is 5. The summed E-state index contributed by atoms with van der Waals surface area (Å²) in [5, 5.41) is 8.33. The third-order valence-corrected chi connectivity index (χ3v) is 9.19. The average molecular weight is 605 g/mol. The van der Waals surface area contributed by atoms with E-state index in [1.165, 1.54) is 24.8 Å². The van der Waals surface area contributed by atoms with Crippen molar-refractivity contribution in [3.05, 3.63) is 48.6 Å². The normalized spacial score (nSPS) is 18.8. The van der Waals surface area contributed by atoms with Crippen molar-refractivity contribution in [2.24, 2.45) is 17.1 Å². The Labute approximate surface area is 257 Å². The molecule has 2 N–H and O–H groups in total. The van der Waals surface area contributed by atoms with Gasteiger partial charge in [0, 0.05) is 60.9 Å². The van der Waals surface area contributed by atoms with Crippen molar-refractivity contribution in [3.63, 3.8) is 0 Å². The fourth-order valence-electron chi connectivity index (χ4n) is 6.86. The number of ether oxygens (including phenoxy) is 2. The van der Waals surface area contributed by atoms with Crippen LogP contribution >= 0.6 is 0 Å². The standard InChI is InChI=1S/C32H41FN8O3/c1-20(2)25(9-10-31(3,4)44-30(34)42)41-16-32(17-41)11-12-40(15-32)28-29(39-38-19-37-28)43-26-8-7-22(33)13-23(26)24-14-35-18-36-27(24)21-5-6-21/h7-8,13-14,18-21,25H,5-6,9-12,15-17H2,1-4H3,(H2,34,42). The molecule has 12 heteroatoms. The number of amides is 1. The summed E-state index contributed by atoms with van der Waals surface area (Å²) in [5.74, 6) is 1.82. The quantitative estimate of drug-likeness (QED) is 0.306. The van der Waals surface area contributed by atoms with E-state index in [4.69, 9.17) is 15.2 Å². The Kier molecular flexibility index (Phi) is 8.12. The lowest BCUT2D eigenvalue weighted by Gasteiger charge is -2.53. The number of nitrogens with two attached hydrogens (primary N) is 1. The van der Waals surface area contributed by atoms with Crippen LogP contribution < -0.4 is 15.4 Å². The highest BCUT2D eigenvalue weighted by atomic mass is 19.1. The Morgan fingerprint density at radius 2 is 1.95 bits per heavy atom. The molecule has 2 aliphatic heterocycles. The Hall–Kier alpha value is -3.93. The molecule has 1 unspecified atom stereocenters. The van der Waals surface area contributed by atoms with Crippen LogP contribution in [-0.4, -0.2) is 74.0 Å². The lowest BCUT2D eigenvalue weighted by Crippen LogP contribution is -2.62. The third-order valence-electron chi connectivity index (χ3n) is 9.19. The molecular weight excluding hydrogens is 563 g/mol. The average Bonchev–Trinajstić information content (AvgIpc) is 3.71. The molecule has 3 aromatic rings. The molecule has 1 aromatic carbocycles. The zero-order chi connectivity index (χ0) is 31.1. The van der Waals surface area contributed by atoms with E-state index < -0.39 is 11.7 Å². The zero-order valence-corrected chi connectivity index (χ0v) is 25.9. The largest absolute Gasteiger partial charge is 0.444 e. The van der Waals surface area contributed by atoms with Gasteiger partial charge in [-0.15, -0.1) is 10.2 Å². The maximum Gasteiger partial charge on any atom is 0.405 e. The second-order valence-electron chi connectivity index (χ2n) is 13.5. The number of benzene rings is 1. The van der Waals surface area contributed by atoms with Crippen LogP contribution in [-0.2, 0) is 4.74 Å². The summed E-state index contributed by atoms with van der Waals surface area (Å²) in [6.07, 6.45) is 8.76. The number of likely N-dealkylation sites (tertiary alicyclic amines) is 1. The van der Waals surface area contributed by atoms with E-state index in [9.17, 15) is 9.18 Å². The molecule has 3 aliphatic rings. The van der Waals surface area contributed by atoms with Crippen molar-refractivity contribution in [1.29, 1.82) is 0 Å². The van der Waals surface area contributed by atoms with Gasteiger partial charge < -0.3 is 20.1 Å². The van der Waals surface area contributed by atoms with Crippen LogP contribution in [0, 0.1) is 17.2 Å². The van der Waals surface area contributed by atoms with Gasteiger partial charge in [0.15, 0.2) is 5.82 Å². The molecule has 44 heavy (non-hydrogen) atoms. The van der Waals surface area contributed by atoms with Gasteiger partial charge in [0.1, 0.15) is 29.8 Å². The molecule has 1 saturated carbocycles. The molecule has 2 aromatic heterocycles. The predicted molar refractivity (Wildman–Crippen MR) is 163 cm³/mol. The van der Waals surface area contributed by atoms with Crippen molar-refractivity contribution in [2.75, 3.05) is 31.1 Å². The van der Waals surface area contributed by atoms with Gasteiger partial charge in [-0.25, -0.2) is 24.1 Å². The van der Waals surface area contributed by atoms with Crippen molar-refractivity contribution in [1.82, 2.24) is 30.0 Å². The molecule has 4 heterocycles. The van der Waals surface area contributed by atoms with Crippen molar-refractivity contribution >= 4 is 11.9 Å². The molecule has 6 rings (SSSR count). The van der Waals surface area contributed by atoms with Gasteiger partial charge in [-0.3, -0.25) is 4.90 Å². The monoisotopic (exact) mass is 604 g/mol. The van der Waals surface area contributed by atoms with Gasteiger partial charge in [0.05, 0.1) is 5.69 Å². The molecular formula is C32H41FN8O3. The number of hydrogen-bond acceptors (Lipinski definition) is 10. The van der Waals surface area contributed by atoms with Crippen LogP contribution in [0.3, 0.4) is 0 Å². The van der Waals surface area contributed by atoms with Crippen LogP contribution in [0.1, 0.15) is 71.4 Å². The van der Waals surface area contributed by atoms with E-state index in [0.29, 0.717) is 35.0 Å². The van der Waals surface area contributed by atoms with Gasteiger partial charge in [-0.05, 0) is 70.1 Å². The molecule has 1 spiro atoms. The molecule has 0 bridgehead atoms. The van der Waals surface area contributed by atoms with Crippen molar-refractivity contribution in [3.8, 4) is 22.8 Å². The molecule has 1 atom stereocenters. The summed E-state index contributed by atoms with van der Waals surface area (Å²) < 4.78 is 26.2. The van der Waals surface area contributed by atoms with Gasteiger partial charge >= 0.3 is 6.09 Å². The van der Waals surface area contributed by atoms with E-state index in [1.807, 2.05) is 13.8 Å². The lowest BCUT2D eigenvalue weighted by atomic mass is 9.76. The number of carbonyl (C=O) groups is 1. The molecule has 234 valence electrons. The van der Waals surface area contributed by atoms with Crippen LogP contribution in [0.15, 0.2) is 37.1 Å². The van der Waals surface area contributed by atoms with Gasteiger partial charge in [-0.2, -0.15) is 0 Å². The minimum Gasteiger partial charge on any atom is -0.444 e. The molecule has 3 fully saturated rings. The zero-order valence-electron chi connectivity index (χ0n) is 25.9. The fraction of sp³-hybridized carbons (Fsp3) is 0.562. The van der Waals surface area contributed by atoms with E-state index in [-0.39, 0.29) is 17.1 Å². The number of anilines is 1. The maximum absolute atomic E-state index is 14.5. The molecule has 1 amide bonds. The van der Waals surface area contributed by atoms with Crippen molar-refractivity contribution in [2.45, 2.75) is 77.4 Å². The Morgan fingerprint density at radius 3 is 2.68 bits per heavy atom. The summed E-state index contributed by atoms with van der Waals surface area (Å²) in [6, 6.07) is 4.83. The number of nitrogens with zero attached hydrogens (tertiary/aromatic N) is 7. The molecule has 1 aliphatic carbocycles. The summed E-state index contributed by atoms with van der Waals surface area (Å²) >= 11 is 0. The highest BCUT2D eigenvalue weighted by molar-refractivity contribution is 5.73. The second-order valence-corrected chi connectivity index (χ2v) is 13.5. The molecule has 0 radical (unpaired) electrons. The predicted octanol–water partition coefficient (Wildman–Crippen LogP) is 5.33. The highest BCUT2D eigenvalue weighted by Crippen LogP contribution is 2.47. The smallest absolute Gasteiger partial charge is 0.405 e. The summed E-state index contributed by atoms with van der Waals surface area (Å²) in [6.45, 7) is 11.9. The highest BCUT2D eigenvalue weighted by Gasteiger charge is 2.50. The maximum atomic E-state index is 14.5. The summed E-state index contributed by atoms with van der Waals surface area (Å²) in [5.41, 5.74) is 7.09. The second kappa shape index (κ2) is 11.9. The Bertz CT molecular complexity index is 1510. The van der Waals surface area contributed by atoms with Crippen LogP contribution in [0.2, 0.25) is 0 Å². The Balaban J connectivity index is 1.16. The lowest BCUT2D eigenvalue weighted by molar-refractivity contribution is -0.0426. The van der Waals surface area contributed by atoms with E-state index >= 15 is 0 Å². The minimum atomic E-state index is -0.736. The Morgan fingerprint density at radius 1 is 1.16 bits per heavy atom. The van der Waals surface area contributed by atoms with Gasteiger partial charge in [-0.1, -0.05) is 13.8 Å².